The maximum atomic E-state index is 13.2. The number of ether oxygens (including phenoxy) is 2. The summed E-state index contributed by atoms with van der Waals surface area (Å²) in [6.07, 6.45) is 1.11. The lowest BCUT2D eigenvalue weighted by Gasteiger charge is -2.63. The fourth-order valence-electron chi connectivity index (χ4n) is 5.95. The largest absolute Gasteiger partial charge is 0.489 e. The summed E-state index contributed by atoms with van der Waals surface area (Å²) in [6, 6.07) is 8.55. The fourth-order valence-corrected chi connectivity index (χ4v) is 6.17. The van der Waals surface area contributed by atoms with Gasteiger partial charge in [0.25, 0.3) is 5.91 Å². The summed E-state index contributed by atoms with van der Waals surface area (Å²) in [5, 5.41) is 3.55. The van der Waals surface area contributed by atoms with Crippen molar-refractivity contribution < 1.29 is 19.1 Å². The van der Waals surface area contributed by atoms with E-state index in [2.05, 4.69) is 47.7 Å². The first-order valence-corrected chi connectivity index (χ1v) is 13.8. The van der Waals surface area contributed by atoms with Crippen LogP contribution in [0.25, 0.3) is 4.85 Å². The lowest BCUT2D eigenvalue weighted by Crippen LogP contribution is -2.74. The summed E-state index contributed by atoms with van der Waals surface area (Å²) in [5.41, 5.74) is -0.372. The van der Waals surface area contributed by atoms with Gasteiger partial charge in [-0.25, -0.2) is 14.6 Å². The summed E-state index contributed by atoms with van der Waals surface area (Å²) in [6.45, 7) is 23.4. The first-order valence-electron chi connectivity index (χ1n) is 13.5. The van der Waals surface area contributed by atoms with E-state index in [4.69, 9.17) is 27.6 Å². The molecule has 2 fully saturated rings. The molecule has 0 unspecified atom stereocenters. The molecule has 1 aromatic carbocycles. The molecule has 10 heteroatoms. The highest BCUT2D eigenvalue weighted by molar-refractivity contribution is 6.33. The molecule has 2 amide bonds. The molecule has 2 heterocycles. The topological polar surface area (TPSA) is 88.4 Å². The molecule has 214 valence electrons. The van der Waals surface area contributed by atoms with Crippen molar-refractivity contribution in [3.05, 3.63) is 58.5 Å². The predicted molar refractivity (Wildman–Crippen MR) is 155 cm³/mol. The van der Waals surface area contributed by atoms with Crippen LogP contribution in [0.15, 0.2) is 36.5 Å². The second kappa shape index (κ2) is 10.8. The summed E-state index contributed by atoms with van der Waals surface area (Å²) in [5.74, 6) is 1.17. The Morgan fingerprint density at radius 3 is 2.25 bits per heavy atom. The molecule has 1 aliphatic carbocycles. The number of rotatable bonds is 5. The van der Waals surface area contributed by atoms with Crippen molar-refractivity contribution in [1.82, 2.24) is 15.2 Å². The van der Waals surface area contributed by atoms with Crippen molar-refractivity contribution in [3.8, 4) is 5.75 Å². The quantitative estimate of drug-likeness (QED) is 0.449. The molecule has 0 spiro atoms. The minimum atomic E-state index is -0.524. The van der Waals surface area contributed by atoms with E-state index in [1.165, 1.54) is 0 Å². The zero-order chi connectivity index (χ0) is 29.5. The van der Waals surface area contributed by atoms with E-state index in [1.807, 2.05) is 26.8 Å². The van der Waals surface area contributed by atoms with Gasteiger partial charge in [-0.15, -0.1) is 0 Å². The van der Waals surface area contributed by atoms with Crippen molar-refractivity contribution in [3.63, 3.8) is 0 Å². The Hall–Kier alpha value is -3.51. The van der Waals surface area contributed by atoms with Crippen molar-refractivity contribution in [2.24, 2.45) is 10.8 Å². The highest BCUT2D eigenvalue weighted by Gasteiger charge is 2.64. The standard InChI is InChI=1S/C30H38ClN5O4/c1-28(2,3)40-27(38)36-15-13-35(14-16-36)23-12-9-19(18-33-23)24(37)34-25-29(4,5)26(30(25,6)7)39-20-10-11-22(32-8)21(31)17-20/h9-12,17-18,25-26H,13-16H2,1-7H3,(H,34,37). The molecule has 9 nitrogen and oxygen atoms in total. The Morgan fingerprint density at radius 1 is 1.07 bits per heavy atom. The number of carbonyl (C=O) groups is 2. The van der Waals surface area contributed by atoms with E-state index in [1.54, 1.807) is 35.4 Å². The van der Waals surface area contributed by atoms with Crippen LogP contribution in [0.1, 0.15) is 58.8 Å². The Labute approximate surface area is 241 Å². The monoisotopic (exact) mass is 567 g/mol. The third-order valence-electron chi connectivity index (χ3n) is 7.67. The van der Waals surface area contributed by atoms with E-state index in [-0.39, 0.29) is 35.0 Å². The molecule has 40 heavy (non-hydrogen) atoms. The Kier molecular flexibility index (Phi) is 7.97. The van der Waals surface area contributed by atoms with Crippen LogP contribution in [0, 0.1) is 17.4 Å². The van der Waals surface area contributed by atoms with Gasteiger partial charge in [-0.1, -0.05) is 45.4 Å². The molecule has 4 rings (SSSR count). The molecular weight excluding hydrogens is 530 g/mol. The normalized spacial score (nSPS) is 21.6. The molecule has 0 atom stereocenters. The van der Waals surface area contributed by atoms with E-state index < -0.39 is 5.60 Å². The minimum absolute atomic E-state index is 0.143. The first-order chi connectivity index (χ1) is 18.6. The summed E-state index contributed by atoms with van der Waals surface area (Å²) in [7, 11) is 0. The molecule has 1 N–H and O–H groups in total. The molecular formula is C30H38ClN5O4. The highest BCUT2D eigenvalue weighted by atomic mass is 35.5. The SMILES string of the molecule is [C-]#[N+]c1ccc(OC2C(C)(C)C(NC(=O)c3ccc(N4CCN(C(=O)OC(C)(C)C)CC4)nc3)C2(C)C)cc1Cl. The fraction of sp³-hybridized carbons (Fsp3) is 0.533. The van der Waals surface area contributed by atoms with E-state index >= 15 is 0 Å². The van der Waals surface area contributed by atoms with Crippen LogP contribution in [-0.4, -0.2) is 65.8 Å². The predicted octanol–water partition coefficient (Wildman–Crippen LogP) is 5.95. The van der Waals surface area contributed by atoms with Gasteiger partial charge in [0.2, 0.25) is 5.69 Å². The Morgan fingerprint density at radius 2 is 1.73 bits per heavy atom. The number of hydrogen-bond acceptors (Lipinski definition) is 6. The van der Waals surface area contributed by atoms with Gasteiger partial charge >= 0.3 is 6.09 Å². The van der Waals surface area contributed by atoms with Gasteiger partial charge in [0.05, 0.1) is 17.2 Å². The lowest BCUT2D eigenvalue weighted by molar-refractivity contribution is -0.164. The second-order valence-corrected chi connectivity index (χ2v) is 13.0. The number of pyridine rings is 1. The van der Waals surface area contributed by atoms with Crippen molar-refractivity contribution >= 4 is 35.1 Å². The van der Waals surface area contributed by atoms with Crippen LogP contribution in [0.2, 0.25) is 5.02 Å². The lowest BCUT2D eigenvalue weighted by atomic mass is 9.49. The number of anilines is 1. The van der Waals surface area contributed by atoms with Gasteiger partial charge in [-0.3, -0.25) is 4.79 Å². The molecule has 0 bridgehead atoms. The van der Waals surface area contributed by atoms with Gasteiger partial charge in [-0.2, -0.15) is 0 Å². The van der Waals surface area contributed by atoms with Gasteiger partial charge < -0.3 is 24.6 Å². The summed E-state index contributed by atoms with van der Waals surface area (Å²) < 4.78 is 11.8. The first kappa shape index (κ1) is 29.5. The zero-order valence-corrected chi connectivity index (χ0v) is 25.0. The van der Waals surface area contributed by atoms with Crippen molar-refractivity contribution in [1.29, 1.82) is 0 Å². The molecule has 2 aromatic rings. The minimum Gasteiger partial charge on any atom is -0.489 e. The zero-order valence-electron chi connectivity index (χ0n) is 24.2. The van der Waals surface area contributed by atoms with Gasteiger partial charge in [0.1, 0.15) is 23.3 Å². The number of nitrogens with one attached hydrogen (secondary N) is 1. The maximum absolute atomic E-state index is 13.2. The number of aromatic nitrogens is 1. The Balaban J connectivity index is 1.35. The number of piperazine rings is 1. The van der Waals surface area contributed by atoms with E-state index in [0.29, 0.717) is 48.2 Å². The van der Waals surface area contributed by atoms with Crippen LogP contribution < -0.4 is 15.0 Å². The van der Waals surface area contributed by atoms with E-state index in [0.717, 1.165) is 5.82 Å². The maximum Gasteiger partial charge on any atom is 0.410 e. The summed E-state index contributed by atoms with van der Waals surface area (Å²) in [4.78, 5) is 37.3. The van der Waals surface area contributed by atoms with Crippen LogP contribution in [0.4, 0.5) is 16.3 Å². The number of amides is 2. The highest BCUT2D eigenvalue weighted by Crippen LogP contribution is 2.55. The third kappa shape index (κ3) is 5.97. The number of carbonyl (C=O) groups excluding carboxylic acids is 2. The summed E-state index contributed by atoms with van der Waals surface area (Å²) >= 11 is 6.20. The average Bonchev–Trinajstić information content (AvgIpc) is 2.89. The average molecular weight is 568 g/mol. The molecule has 2 aliphatic rings. The van der Waals surface area contributed by atoms with Crippen LogP contribution >= 0.6 is 11.6 Å². The third-order valence-corrected chi connectivity index (χ3v) is 7.98. The van der Waals surface area contributed by atoms with Crippen molar-refractivity contribution in [2.45, 2.75) is 66.2 Å². The number of hydrogen-bond donors (Lipinski definition) is 1. The van der Waals surface area contributed by atoms with Crippen LogP contribution in [0.5, 0.6) is 5.75 Å². The van der Waals surface area contributed by atoms with Crippen LogP contribution in [-0.2, 0) is 4.74 Å². The van der Waals surface area contributed by atoms with Crippen LogP contribution in [0.3, 0.4) is 0 Å². The smallest absolute Gasteiger partial charge is 0.410 e. The molecule has 1 saturated carbocycles. The number of nitrogens with zero attached hydrogens (tertiary/aromatic N) is 4. The number of benzene rings is 1. The second-order valence-electron chi connectivity index (χ2n) is 12.6. The van der Waals surface area contributed by atoms with Gasteiger partial charge in [-0.05, 0) is 45.0 Å². The van der Waals surface area contributed by atoms with E-state index in [9.17, 15) is 9.59 Å². The Bertz CT molecular complexity index is 1290. The van der Waals surface area contributed by atoms with Gasteiger partial charge in [0, 0.05) is 49.2 Å². The van der Waals surface area contributed by atoms with Crippen molar-refractivity contribution in [2.75, 3.05) is 31.1 Å². The molecule has 1 aliphatic heterocycles. The molecule has 1 saturated heterocycles. The molecule has 0 radical (unpaired) electrons. The van der Waals surface area contributed by atoms with Gasteiger partial charge in [0.15, 0.2) is 0 Å². The molecule has 1 aromatic heterocycles. The number of halogens is 1.